The molecule has 0 radical (unpaired) electrons. The van der Waals surface area contributed by atoms with E-state index in [2.05, 4.69) is 47.5 Å². The molecule has 6 heteroatoms. The molecular weight excluding hydrogens is 402 g/mol. The highest BCUT2D eigenvalue weighted by Crippen LogP contribution is 2.38. The molecule has 0 N–H and O–H groups in total. The predicted octanol–water partition coefficient (Wildman–Crippen LogP) is 5.86. The van der Waals surface area contributed by atoms with Crippen molar-refractivity contribution < 1.29 is 4.74 Å². The average Bonchev–Trinajstić information content (AvgIpc) is 3.23. The molecule has 2 aromatic heterocycles. The Balaban J connectivity index is 1.52. The maximum atomic E-state index is 9.87. The molecule has 2 aromatic carbocycles. The lowest BCUT2D eigenvalue weighted by Crippen LogP contribution is -2.32. The zero-order valence-corrected chi connectivity index (χ0v) is 17.2. The molecule has 1 aliphatic rings. The smallest absolute Gasteiger partial charge is 0.138 e. The minimum absolute atomic E-state index is 0.450. The van der Waals surface area contributed by atoms with Gasteiger partial charge in [-0.05, 0) is 42.7 Å². The van der Waals surface area contributed by atoms with Gasteiger partial charge in [0.15, 0.2) is 0 Å². The summed E-state index contributed by atoms with van der Waals surface area (Å²) < 4.78 is 7.53. The molecule has 0 atom stereocenters. The zero-order chi connectivity index (χ0) is 19.8. The van der Waals surface area contributed by atoms with Gasteiger partial charge in [-0.1, -0.05) is 41.6 Å². The minimum Gasteiger partial charge on any atom is -0.381 e. The summed E-state index contributed by atoms with van der Waals surface area (Å²) in [7, 11) is 0. The SMILES string of the molecule is N#CC1(c2cccc(Sc3ccc4c(Cl)cc5nccn5c4c3)c2)CCOCC1. The number of imidazole rings is 1. The van der Waals surface area contributed by atoms with E-state index < -0.39 is 5.41 Å². The first-order valence-corrected chi connectivity index (χ1v) is 10.7. The molecule has 144 valence electrons. The van der Waals surface area contributed by atoms with Crippen LogP contribution in [0.4, 0.5) is 0 Å². The summed E-state index contributed by atoms with van der Waals surface area (Å²) >= 11 is 8.13. The minimum atomic E-state index is -0.450. The van der Waals surface area contributed by atoms with Gasteiger partial charge in [0.2, 0.25) is 0 Å². The Morgan fingerprint density at radius 3 is 2.76 bits per heavy atom. The van der Waals surface area contributed by atoms with Crippen molar-refractivity contribution in [2.24, 2.45) is 0 Å². The fourth-order valence-corrected chi connectivity index (χ4v) is 5.14. The van der Waals surface area contributed by atoms with Crippen LogP contribution in [0.25, 0.3) is 16.6 Å². The first-order valence-electron chi connectivity index (χ1n) is 9.51. The second kappa shape index (κ2) is 7.38. The van der Waals surface area contributed by atoms with Crippen molar-refractivity contribution in [3.8, 4) is 6.07 Å². The molecule has 4 nitrogen and oxygen atoms in total. The number of pyridine rings is 1. The van der Waals surface area contributed by atoms with Crippen LogP contribution in [0.2, 0.25) is 5.02 Å². The number of nitrogens with zero attached hydrogens (tertiary/aromatic N) is 3. The van der Waals surface area contributed by atoms with Crippen LogP contribution in [0.5, 0.6) is 0 Å². The number of halogens is 1. The monoisotopic (exact) mass is 419 g/mol. The maximum absolute atomic E-state index is 9.87. The lowest BCUT2D eigenvalue weighted by molar-refractivity contribution is 0.0675. The Bertz CT molecular complexity index is 1250. The van der Waals surface area contributed by atoms with E-state index in [0.29, 0.717) is 18.2 Å². The number of rotatable bonds is 3. The van der Waals surface area contributed by atoms with Gasteiger partial charge in [-0.2, -0.15) is 5.26 Å². The summed E-state index contributed by atoms with van der Waals surface area (Å²) in [6.45, 7) is 1.27. The molecule has 0 aliphatic carbocycles. The first kappa shape index (κ1) is 18.5. The quantitative estimate of drug-likeness (QED) is 0.417. The molecule has 0 amide bonds. The number of benzene rings is 2. The van der Waals surface area contributed by atoms with Crippen LogP contribution in [-0.2, 0) is 10.2 Å². The van der Waals surface area contributed by atoms with Gasteiger partial charge in [0.05, 0.1) is 22.0 Å². The average molecular weight is 420 g/mol. The summed E-state index contributed by atoms with van der Waals surface area (Å²) in [4.78, 5) is 6.59. The molecule has 1 fully saturated rings. The Morgan fingerprint density at radius 1 is 1.10 bits per heavy atom. The van der Waals surface area contributed by atoms with Gasteiger partial charge in [-0.25, -0.2) is 4.98 Å². The molecule has 0 saturated carbocycles. The molecule has 0 bridgehead atoms. The normalized spacial score (nSPS) is 16.1. The molecule has 5 rings (SSSR count). The van der Waals surface area contributed by atoms with Crippen molar-refractivity contribution >= 4 is 39.9 Å². The molecule has 3 heterocycles. The third kappa shape index (κ3) is 3.28. The molecule has 1 aliphatic heterocycles. The Morgan fingerprint density at radius 2 is 1.93 bits per heavy atom. The van der Waals surface area contributed by atoms with Crippen LogP contribution in [0.1, 0.15) is 18.4 Å². The molecule has 29 heavy (non-hydrogen) atoms. The van der Waals surface area contributed by atoms with Crippen LogP contribution in [0.3, 0.4) is 0 Å². The predicted molar refractivity (Wildman–Crippen MR) is 116 cm³/mol. The van der Waals surface area contributed by atoms with Crippen LogP contribution < -0.4 is 0 Å². The Kier molecular flexibility index (Phi) is 4.71. The van der Waals surface area contributed by atoms with Gasteiger partial charge in [-0.15, -0.1) is 0 Å². The number of hydrogen-bond donors (Lipinski definition) is 0. The highest BCUT2D eigenvalue weighted by atomic mass is 35.5. The van der Waals surface area contributed by atoms with Crippen molar-refractivity contribution in [3.63, 3.8) is 0 Å². The van der Waals surface area contributed by atoms with E-state index in [1.54, 1.807) is 18.0 Å². The van der Waals surface area contributed by atoms with E-state index >= 15 is 0 Å². The van der Waals surface area contributed by atoms with Crippen molar-refractivity contribution in [2.45, 2.75) is 28.0 Å². The number of fused-ring (bicyclic) bond motifs is 3. The fraction of sp³-hybridized carbons (Fsp3) is 0.217. The van der Waals surface area contributed by atoms with Crippen LogP contribution >= 0.6 is 23.4 Å². The second-order valence-electron chi connectivity index (χ2n) is 7.26. The summed E-state index contributed by atoms with van der Waals surface area (Å²) in [6, 6.07) is 19.1. The highest BCUT2D eigenvalue weighted by Gasteiger charge is 2.34. The van der Waals surface area contributed by atoms with E-state index in [1.165, 1.54) is 0 Å². The number of hydrogen-bond acceptors (Lipinski definition) is 4. The number of ether oxygens (including phenoxy) is 1. The van der Waals surface area contributed by atoms with Gasteiger partial charge in [0.1, 0.15) is 5.65 Å². The Hall–Kier alpha value is -2.52. The van der Waals surface area contributed by atoms with Crippen molar-refractivity contribution in [3.05, 3.63) is 71.5 Å². The van der Waals surface area contributed by atoms with E-state index in [1.807, 2.05) is 22.7 Å². The first-order chi connectivity index (χ1) is 14.2. The van der Waals surface area contributed by atoms with Crippen molar-refractivity contribution in [1.82, 2.24) is 9.38 Å². The van der Waals surface area contributed by atoms with E-state index in [-0.39, 0.29) is 0 Å². The Labute approximate surface area is 178 Å². The van der Waals surface area contributed by atoms with Gasteiger partial charge in [0, 0.05) is 46.9 Å². The van der Waals surface area contributed by atoms with Gasteiger partial charge in [-0.3, -0.25) is 4.40 Å². The number of nitriles is 1. The highest BCUT2D eigenvalue weighted by molar-refractivity contribution is 7.99. The molecule has 0 spiro atoms. The van der Waals surface area contributed by atoms with Crippen molar-refractivity contribution in [1.29, 1.82) is 5.26 Å². The van der Waals surface area contributed by atoms with Gasteiger partial charge < -0.3 is 4.74 Å². The summed E-state index contributed by atoms with van der Waals surface area (Å²) in [5.41, 5.74) is 2.50. The standard InChI is InChI=1S/C23H18ClN3OS/c24-20-14-22-26-8-9-27(22)21-13-18(4-5-19(20)21)29-17-3-1-2-16(12-17)23(15-25)6-10-28-11-7-23/h1-5,8-9,12-14H,6-7,10-11H2. The maximum Gasteiger partial charge on any atom is 0.138 e. The molecule has 0 unspecified atom stereocenters. The van der Waals surface area contributed by atoms with Crippen LogP contribution in [0, 0.1) is 11.3 Å². The van der Waals surface area contributed by atoms with Gasteiger partial charge in [0.25, 0.3) is 0 Å². The largest absolute Gasteiger partial charge is 0.381 e. The lowest BCUT2D eigenvalue weighted by atomic mass is 9.75. The van der Waals surface area contributed by atoms with Crippen LogP contribution in [0.15, 0.2) is 70.7 Å². The van der Waals surface area contributed by atoms with E-state index in [9.17, 15) is 5.26 Å². The zero-order valence-electron chi connectivity index (χ0n) is 15.6. The lowest BCUT2D eigenvalue weighted by Gasteiger charge is -2.31. The summed E-state index contributed by atoms with van der Waals surface area (Å²) in [6.07, 6.45) is 5.21. The third-order valence-corrected chi connectivity index (χ3v) is 6.89. The van der Waals surface area contributed by atoms with E-state index in [4.69, 9.17) is 16.3 Å². The summed E-state index contributed by atoms with van der Waals surface area (Å²) in [5, 5.41) is 11.6. The second-order valence-corrected chi connectivity index (χ2v) is 8.82. The number of aromatic nitrogens is 2. The van der Waals surface area contributed by atoms with Gasteiger partial charge >= 0.3 is 0 Å². The van der Waals surface area contributed by atoms with Crippen molar-refractivity contribution in [2.75, 3.05) is 13.2 Å². The molecule has 1 saturated heterocycles. The van der Waals surface area contributed by atoms with Crippen LogP contribution in [-0.4, -0.2) is 22.6 Å². The van der Waals surface area contributed by atoms with E-state index in [0.717, 1.165) is 44.7 Å². The fourth-order valence-electron chi connectivity index (χ4n) is 3.97. The topological polar surface area (TPSA) is 50.3 Å². The molecule has 4 aromatic rings. The third-order valence-electron chi connectivity index (χ3n) is 5.59. The summed E-state index contributed by atoms with van der Waals surface area (Å²) in [5.74, 6) is 0. The molecular formula is C23H18ClN3OS.